The molecule has 0 amide bonds. The lowest BCUT2D eigenvalue weighted by molar-refractivity contribution is -0.164. The Morgan fingerprint density at radius 1 is 1.14 bits per heavy atom. The molecule has 0 aromatic carbocycles. The van der Waals surface area contributed by atoms with Crippen molar-refractivity contribution in [3.05, 3.63) is 16.7 Å². The molecule has 4 fully saturated rings. The lowest BCUT2D eigenvalue weighted by Gasteiger charge is -2.60. The van der Waals surface area contributed by atoms with Crippen molar-refractivity contribution in [2.45, 2.75) is 84.3 Å². The minimum atomic E-state index is -0.423. The average molecular weight is 482 g/mol. The van der Waals surface area contributed by atoms with Crippen LogP contribution in [0, 0.1) is 34.5 Å². The van der Waals surface area contributed by atoms with Crippen LogP contribution in [0.5, 0.6) is 0 Å². The number of nitrogens with one attached hydrogen (secondary N) is 1. The molecule has 0 spiro atoms. The molecule has 9 heteroatoms. The number of H-pyrrole nitrogens is 1. The van der Waals surface area contributed by atoms with Crippen molar-refractivity contribution in [3.63, 3.8) is 0 Å². The fourth-order valence-corrected chi connectivity index (χ4v) is 8.61. The summed E-state index contributed by atoms with van der Waals surface area (Å²) < 4.78 is 7.64. The van der Waals surface area contributed by atoms with Gasteiger partial charge in [-0.15, -0.1) is 0 Å². The number of hydrogen-bond donors (Lipinski definition) is 2. The highest BCUT2D eigenvalue weighted by Crippen LogP contribution is 2.66. The number of ether oxygens (including phenoxy) is 1. The number of fused-ring (bicyclic) bond motifs is 6. The van der Waals surface area contributed by atoms with E-state index in [9.17, 15) is 14.4 Å². The Bertz CT molecular complexity index is 1250. The first-order valence-corrected chi connectivity index (χ1v) is 13.1. The van der Waals surface area contributed by atoms with Gasteiger partial charge in [0.25, 0.3) is 5.56 Å². The Hall–Kier alpha value is -2.71. The lowest BCUT2D eigenvalue weighted by atomic mass is 9.45. The van der Waals surface area contributed by atoms with E-state index < -0.39 is 5.56 Å². The van der Waals surface area contributed by atoms with E-state index in [1.54, 1.807) is 0 Å². The quantitative estimate of drug-likeness (QED) is 0.643. The molecule has 188 valence electrons. The van der Waals surface area contributed by atoms with E-state index in [1.165, 1.54) is 17.3 Å². The molecular weight excluding hydrogens is 446 g/mol. The summed E-state index contributed by atoms with van der Waals surface area (Å²) in [6.45, 7) is 4.73. The molecule has 0 saturated heterocycles. The number of nitrogens with zero attached hydrogens (tertiary/aromatic N) is 3. The minimum Gasteiger partial charge on any atom is -0.460 e. The molecule has 2 aromatic heterocycles. The zero-order valence-electron chi connectivity index (χ0n) is 20.6. The number of carbonyl (C=O) groups is 2. The Labute approximate surface area is 204 Å². The van der Waals surface area contributed by atoms with Gasteiger partial charge < -0.3 is 15.0 Å². The Morgan fingerprint density at radius 3 is 2.77 bits per heavy atom. The van der Waals surface area contributed by atoms with Crippen LogP contribution in [-0.2, 0) is 20.9 Å². The van der Waals surface area contributed by atoms with Gasteiger partial charge in [0.1, 0.15) is 18.4 Å². The lowest BCUT2D eigenvalue weighted by Crippen LogP contribution is -2.54. The highest BCUT2D eigenvalue weighted by atomic mass is 16.5. The number of aromatic nitrogens is 4. The third-order valence-corrected chi connectivity index (χ3v) is 10.5. The first-order valence-electron chi connectivity index (χ1n) is 13.1. The van der Waals surface area contributed by atoms with Gasteiger partial charge in [0.2, 0.25) is 5.95 Å². The van der Waals surface area contributed by atoms with Crippen LogP contribution in [0.25, 0.3) is 11.2 Å². The molecule has 0 aliphatic heterocycles. The Balaban J connectivity index is 1.17. The van der Waals surface area contributed by atoms with E-state index in [2.05, 4.69) is 28.8 Å². The number of hydrogen-bond acceptors (Lipinski definition) is 7. The van der Waals surface area contributed by atoms with Crippen LogP contribution in [0.3, 0.4) is 0 Å². The average Bonchev–Trinajstić information content (AvgIpc) is 3.35. The van der Waals surface area contributed by atoms with Crippen molar-refractivity contribution >= 4 is 28.9 Å². The second kappa shape index (κ2) is 7.90. The number of Topliss-reactive ketones (excluding diaryl/α,β-unsaturated/α-hetero) is 1. The van der Waals surface area contributed by atoms with Crippen LogP contribution in [0.15, 0.2) is 11.1 Å². The van der Waals surface area contributed by atoms with Gasteiger partial charge >= 0.3 is 5.97 Å². The zero-order chi connectivity index (χ0) is 24.5. The molecule has 4 aliphatic rings. The number of ketones is 1. The van der Waals surface area contributed by atoms with Crippen molar-refractivity contribution in [2.75, 3.05) is 5.73 Å². The summed E-state index contributed by atoms with van der Waals surface area (Å²) in [5.41, 5.74) is 5.97. The van der Waals surface area contributed by atoms with Gasteiger partial charge in [-0.25, -0.2) is 4.98 Å². The normalized spacial score (nSPS) is 38.6. The van der Waals surface area contributed by atoms with Gasteiger partial charge in [-0.05, 0) is 74.0 Å². The van der Waals surface area contributed by atoms with E-state index in [1.807, 2.05) is 0 Å². The summed E-state index contributed by atoms with van der Waals surface area (Å²) in [5, 5.41) is 0. The molecule has 9 nitrogen and oxygen atoms in total. The SMILES string of the molecule is C[C@]12CCC3C(CC[C@H]4CC(=O)CC[C@]34C)C1CC[C@@H]2OC(=O)Cn1cnc2c(=O)[nH]c(N)nc21. The van der Waals surface area contributed by atoms with Crippen LogP contribution >= 0.6 is 0 Å². The third kappa shape index (κ3) is 3.44. The summed E-state index contributed by atoms with van der Waals surface area (Å²) in [4.78, 5) is 47.8. The molecule has 7 atom stereocenters. The fraction of sp³-hybridized carbons (Fsp3) is 0.731. The van der Waals surface area contributed by atoms with Crippen LogP contribution in [-0.4, -0.2) is 37.4 Å². The Morgan fingerprint density at radius 2 is 1.94 bits per heavy atom. The molecule has 4 saturated carbocycles. The van der Waals surface area contributed by atoms with Crippen molar-refractivity contribution in [1.82, 2.24) is 19.5 Å². The molecule has 2 aromatic rings. The fourth-order valence-electron chi connectivity index (χ4n) is 8.61. The number of carbonyl (C=O) groups excluding carboxylic acids is 2. The molecule has 2 heterocycles. The molecule has 0 bridgehead atoms. The number of aromatic amines is 1. The predicted molar refractivity (Wildman–Crippen MR) is 129 cm³/mol. The standard InChI is InChI=1S/C26H35N5O4/c1-25-9-7-15(32)11-14(25)3-4-16-17-5-6-19(26(17,2)10-8-18(16)25)35-20(33)12-31-13-28-21-22(31)29-24(27)30-23(21)34/h13-14,16-19H,3-12H2,1-2H3,(H3,27,29,30,34)/t14-,16?,17?,18?,19-,25-,26-/m0/s1. The maximum absolute atomic E-state index is 13.0. The molecule has 3 N–H and O–H groups in total. The zero-order valence-corrected chi connectivity index (χ0v) is 20.6. The summed E-state index contributed by atoms with van der Waals surface area (Å²) >= 11 is 0. The van der Waals surface area contributed by atoms with Crippen molar-refractivity contribution in [3.8, 4) is 0 Å². The van der Waals surface area contributed by atoms with Crippen molar-refractivity contribution in [2.24, 2.45) is 34.5 Å². The molecule has 6 rings (SSSR count). The first kappa shape index (κ1) is 22.7. The largest absolute Gasteiger partial charge is 0.460 e. The van der Waals surface area contributed by atoms with Crippen LogP contribution in [0.2, 0.25) is 0 Å². The maximum atomic E-state index is 13.0. The van der Waals surface area contributed by atoms with E-state index in [4.69, 9.17) is 10.5 Å². The Kier molecular flexibility index (Phi) is 5.13. The number of rotatable bonds is 3. The molecule has 35 heavy (non-hydrogen) atoms. The number of nitrogen functional groups attached to an aromatic ring is 1. The molecule has 0 radical (unpaired) electrons. The summed E-state index contributed by atoms with van der Waals surface area (Å²) in [7, 11) is 0. The molecule has 3 unspecified atom stereocenters. The van der Waals surface area contributed by atoms with E-state index in [-0.39, 0.29) is 46.6 Å². The number of esters is 1. The topological polar surface area (TPSA) is 133 Å². The first-order chi connectivity index (χ1) is 16.7. The summed E-state index contributed by atoms with van der Waals surface area (Å²) in [6.07, 6.45) is 10.5. The third-order valence-electron chi connectivity index (χ3n) is 10.5. The molecule has 4 aliphatic carbocycles. The summed E-state index contributed by atoms with van der Waals surface area (Å²) in [6, 6.07) is 0. The van der Waals surface area contributed by atoms with Crippen LogP contribution < -0.4 is 11.3 Å². The minimum absolute atomic E-state index is 0.00808. The van der Waals surface area contributed by atoms with Crippen molar-refractivity contribution < 1.29 is 14.3 Å². The maximum Gasteiger partial charge on any atom is 0.326 e. The van der Waals surface area contributed by atoms with Gasteiger partial charge in [-0.1, -0.05) is 13.8 Å². The van der Waals surface area contributed by atoms with Gasteiger partial charge in [0, 0.05) is 18.3 Å². The monoisotopic (exact) mass is 481 g/mol. The number of anilines is 1. The van der Waals surface area contributed by atoms with E-state index in [0.717, 1.165) is 51.4 Å². The second-order valence-electron chi connectivity index (χ2n) is 12.0. The van der Waals surface area contributed by atoms with E-state index in [0.29, 0.717) is 29.5 Å². The van der Waals surface area contributed by atoms with Gasteiger partial charge in [0.15, 0.2) is 11.2 Å². The van der Waals surface area contributed by atoms with Gasteiger partial charge in [-0.3, -0.25) is 19.4 Å². The summed E-state index contributed by atoms with van der Waals surface area (Å²) in [5.74, 6) is 2.55. The smallest absolute Gasteiger partial charge is 0.326 e. The second-order valence-corrected chi connectivity index (χ2v) is 12.0. The van der Waals surface area contributed by atoms with E-state index >= 15 is 0 Å². The van der Waals surface area contributed by atoms with Crippen LogP contribution in [0.1, 0.15) is 71.6 Å². The highest BCUT2D eigenvalue weighted by Gasteiger charge is 2.61. The number of imidazole rings is 1. The van der Waals surface area contributed by atoms with Gasteiger partial charge in [-0.2, -0.15) is 4.98 Å². The van der Waals surface area contributed by atoms with Crippen molar-refractivity contribution in [1.29, 1.82) is 0 Å². The predicted octanol–water partition coefficient (Wildman–Crippen LogP) is 3.23. The van der Waals surface area contributed by atoms with Gasteiger partial charge in [0.05, 0.1) is 6.33 Å². The van der Waals surface area contributed by atoms with Crippen LogP contribution in [0.4, 0.5) is 5.95 Å². The molecular formula is C26H35N5O4. The highest BCUT2D eigenvalue weighted by molar-refractivity contribution is 5.79. The number of nitrogens with two attached hydrogens (primary N) is 1.